The number of fused-ring (bicyclic) bond motifs is 1. The first-order valence-corrected chi connectivity index (χ1v) is 8.88. The van der Waals surface area contributed by atoms with Crippen molar-refractivity contribution in [1.29, 1.82) is 0 Å². The lowest BCUT2D eigenvalue weighted by atomic mass is 9.91. The summed E-state index contributed by atoms with van der Waals surface area (Å²) >= 11 is 0. The van der Waals surface area contributed by atoms with E-state index in [1.165, 1.54) is 12.8 Å². The molecule has 0 bridgehead atoms. The van der Waals surface area contributed by atoms with E-state index in [-0.39, 0.29) is 12.2 Å². The zero-order chi connectivity index (χ0) is 16.1. The van der Waals surface area contributed by atoms with Gasteiger partial charge in [0.2, 0.25) is 11.8 Å². The van der Waals surface area contributed by atoms with Crippen molar-refractivity contribution >= 4 is 0 Å². The Hall–Kier alpha value is -1.73. The molecule has 24 heavy (non-hydrogen) atoms. The number of rotatable bonds is 4. The van der Waals surface area contributed by atoms with E-state index in [1.807, 2.05) is 13.0 Å². The topological polar surface area (TPSA) is 77.4 Å². The number of piperidine rings is 1. The van der Waals surface area contributed by atoms with E-state index in [0.717, 1.165) is 49.8 Å². The van der Waals surface area contributed by atoms with Gasteiger partial charge in [0, 0.05) is 25.1 Å². The summed E-state index contributed by atoms with van der Waals surface area (Å²) in [7, 11) is 0. The average molecular weight is 330 g/mol. The summed E-state index contributed by atoms with van der Waals surface area (Å²) < 4.78 is 17.3. The molecule has 0 spiro atoms. The number of aryl methyl sites for hydroxylation is 1. The highest BCUT2D eigenvalue weighted by atomic mass is 16.5. The maximum atomic E-state index is 6.26. The van der Waals surface area contributed by atoms with Crippen LogP contribution in [0.25, 0.3) is 0 Å². The van der Waals surface area contributed by atoms with E-state index in [9.17, 15) is 0 Å². The Morgan fingerprint density at radius 2 is 2.08 bits per heavy atom. The molecule has 128 valence electrons. The average Bonchev–Trinajstić information content (AvgIpc) is 2.98. The largest absolute Gasteiger partial charge is 0.422 e. The predicted molar refractivity (Wildman–Crippen MR) is 83.1 cm³/mol. The van der Waals surface area contributed by atoms with Crippen molar-refractivity contribution < 1.29 is 13.7 Å². The zero-order valence-corrected chi connectivity index (χ0v) is 13.9. The Balaban J connectivity index is 1.22. The smallest absolute Gasteiger partial charge is 0.245 e. The van der Waals surface area contributed by atoms with Crippen molar-refractivity contribution in [3.05, 3.63) is 29.3 Å². The van der Waals surface area contributed by atoms with Gasteiger partial charge < -0.3 is 13.7 Å². The maximum absolute atomic E-state index is 6.26. The molecular weight excluding hydrogens is 308 g/mol. The fourth-order valence-corrected chi connectivity index (χ4v) is 3.89. The van der Waals surface area contributed by atoms with Crippen LogP contribution < -0.4 is 0 Å². The normalized spacial score (nSPS) is 30.6. The lowest BCUT2D eigenvalue weighted by Crippen LogP contribution is -2.41. The molecule has 3 aliphatic rings. The second-order valence-electron chi connectivity index (χ2n) is 7.36. The van der Waals surface area contributed by atoms with E-state index in [1.54, 1.807) is 0 Å². The van der Waals surface area contributed by atoms with Crippen LogP contribution in [0.4, 0.5) is 0 Å². The van der Waals surface area contributed by atoms with Gasteiger partial charge in [-0.05, 0) is 45.1 Å². The maximum Gasteiger partial charge on any atom is 0.245 e. The Morgan fingerprint density at radius 3 is 2.88 bits per heavy atom. The molecule has 1 saturated carbocycles. The third kappa shape index (κ3) is 2.75. The summed E-state index contributed by atoms with van der Waals surface area (Å²) in [5.74, 6) is 3.41. The minimum absolute atomic E-state index is 0.0331. The van der Waals surface area contributed by atoms with Gasteiger partial charge in [-0.3, -0.25) is 4.90 Å². The minimum atomic E-state index is -0.0331. The van der Waals surface area contributed by atoms with Gasteiger partial charge in [0.25, 0.3) is 0 Å². The van der Waals surface area contributed by atoms with Crippen molar-refractivity contribution in [3.8, 4) is 0 Å². The highest BCUT2D eigenvalue weighted by Crippen LogP contribution is 2.43. The van der Waals surface area contributed by atoms with Crippen LogP contribution in [0.1, 0.15) is 60.9 Å². The van der Waals surface area contributed by atoms with Crippen LogP contribution in [-0.4, -0.2) is 39.4 Å². The van der Waals surface area contributed by atoms with Crippen molar-refractivity contribution in [2.75, 3.05) is 13.1 Å². The summed E-state index contributed by atoms with van der Waals surface area (Å²) in [5.41, 5.74) is 0.992. The lowest BCUT2D eigenvalue weighted by Gasteiger charge is -2.33. The van der Waals surface area contributed by atoms with Crippen LogP contribution in [0.5, 0.6) is 0 Å². The molecular formula is C17H22N4O3. The first-order valence-electron chi connectivity index (χ1n) is 8.88. The summed E-state index contributed by atoms with van der Waals surface area (Å²) in [5, 5.41) is 12.5. The lowest BCUT2D eigenvalue weighted by molar-refractivity contribution is -0.0181. The van der Waals surface area contributed by atoms with Crippen LogP contribution in [0.3, 0.4) is 0 Å². The number of hydrogen-bond donors (Lipinski definition) is 0. The molecule has 2 aromatic heterocycles. The van der Waals surface area contributed by atoms with Crippen LogP contribution in [-0.2, 0) is 11.3 Å². The van der Waals surface area contributed by atoms with Crippen molar-refractivity contribution in [2.24, 2.45) is 5.92 Å². The quantitative estimate of drug-likeness (QED) is 0.852. The summed E-state index contributed by atoms with van der Waals surface area (Å²) in [6, 6.07) is 2.00. The van der Waals surface area contributed by atoms with E-state index >= 15 is 0 Å². The highest BCUT2D eigenvalue weighted by molar-refractivity contribution is 5.05. The number of hydrogen-bond acceptors (Lipinski definition) is 7. The molecule has 7 heteroatoms. The van der Waals surface area contributed by atoms with Crippen molar-refractivity contribution in [3.63, 3.8) is 0 Å². The summed E-state index contributed by atoms with van der Waals surface area (Å²) in [6.45, 7) is 4.74. The third-order valence-electron chi connectivity index (χ3n) is 5.36. The molecule has 1 aliphatic carbocycles. The number of nitrogens with zero attached hydrogens (tertiary/aromatic N) is 4. The van der Waals surface area contributed by atoms with Crippen LogP contribution in [0.2, 0.25) is 0 Å². The van der Waals surface area contributed by atoms with Crippen LogP contribution in [0.15, 0.2) is 15.0 Å². The van der Waals surface area contributed by atoms with E-state index in [2.05, 4.69) is 20.3 Å². The molecule has 4 heterocycles. The molecule has 0 amide bonds. The molecule has 0 N–H and O–H groups in total. The van der Waals surface area contributed by atoms with Crippen molar-refractivity contribution in [1.82, 2.24) is 20.3 Å². The van der Waals surface area contributed by atoms with Gasteiger partial charge in [-0.15, -0.1) is 10.2 Å². The van der Waals surface area contributed by atoms with Gasteiger partial charge in [0.1, 0.15) is 11.9 Å². The Bertz CT molecular complexity index is 723. The standard InChI is InChI=1S/C17H22N4O3/c1-10-6-13(20-24-10)8-21-5-4-12-7-14(22-15(12)9-21)17-19-18-16(23-17)11-2-3-11/h6,11-12,14-15H,2-5,7-9H2,1H3/t12-,14+,15+/m1/s1. The Kier molecular flexibility index (Phi) is 3.45. The first-order chi connectivity index (χ1) is 11.7. The molecule has 3 fully saturated rings. The minimum Gasteiger partial charge on any atom is -0.422 e. The van der Waals surface area contributed by atoms with Gasteiger partial charge in [-0.1, -0.05) is 5.16 Å². The van der Waals surface area contributed by atoms with Crippen molar-refractivity contribution in [2.45, 2.75) is 57.3 Å². The van der Waals surface area contributed by atoms with Gasteiger partial charge >= 0.3 is 0 Å². The Morgan fingerprint density at radius 1 is 1.21 bits per heavy atom. The molecule has 7 nitrogen and oxygen atoms in total. The van der Waals surface area contributed by atoms with E-state index in [0.29, 0.717) is 17.7 Å². The van der Waals surface area contributed by atoms with Gasteiger partial charge in [-0.2, -0.15) is 0 Å². The predicted octanol–water partition coefficient (Wildman–Crippen LogP) is 2.60. The number of ether oxygens (including phenoxy) is 1. The molecule has 0 unspecified atom stereocenters. The van der Waals surface area contributed by atoms with Gasteiger partial charge in [-0.25, -0.2) is 0 Å². The number of likely N-dealkylation sites (tertiary alicyclic amines) is 1. The summed E-state index contributed by atoms with van der Waals surface area (Å²) in [6.07, 6.45) is 4.70. The SMILES string of the molecule is Cc1cc(CN2CC[C@@H]3C[C@@H](c4nnc(C5CC5)o4)O[C@H]3C2)no1. The molecule has 5 rings (SSSR count). The highest BCUT2D eigenvalue weighted by Gasteiger charge is 2.42. The van der Waals surface area contributed by atoms with Gasteiger partial charge in [0.05, 0.1) is 11.8 Å². The Labute approximate surface area is 140 Å². The van der Waals surface area contributed by atoms with Gasteiger partial charge in [0.15, 0.2) is 0 Å². The first kappa shape index (κ1) is 14.6. The molecule has 2 aliphatic heterocycles. The second-order valence-corrected chi connectivity index (χ2v) is 7.36. The monoisotopic (exact) mass is 330 g/mol. The van der Waals surface area contributed by atoms with E-state index < -0.39 is 0 Å². The molecule has 0 aromatic carbocycles. The third-order valence-corrected chi connectivity index (χ3v) is 5.36. The molecule has 2 aromatic rings. The number of aromatic nitrogens is 3. The molecule has 3 atom stereocenters. The van der Waals surface area contributed by atoms with Crippen LogP contribution >= 0.6 is 0 Å². The zero-order valence-electron chi connectivity index (χ0n) is 13.9. The van der Waals surface area contributed by atoms with E-state index in [4.69, 9.17) is 13.7 Å². The van der Waals surface area contributed by atoms with Crippen LogP contribution in [0, 0.1) is 12.8 Å². The molecule has 0 radical (unpaired) electrons. The second kappa shape index (κ2) is 5.67. The fourth-order valence-electron chi connectivity index (χ4n) is 3.89. The molecule has 2 saturated heterocycles. The summed E-state index contributed by atoms with van der Waals surface area (Å²) in [4.78, 5) is 2.39. The fraction of sp³-hybridized carbons (Fsp3) is 0.706.